The van der Waals surface area contributed by atoms with E-state index in [0.29, 0.717) is 48.8 Å². The lowest BCUT2D eigenvalue weighted by molar-refractivity contribution is -0.136. The van der Waals surface area contributed by atoms with Crippen LogP contribution in [0.15, 0.2) is 18.2 Å². The second kappa shape index (κ2) is 7.81. The first-order valence-electron chi connectivity index (χ1n) is 10.8. The van der Waals surface area contributed by atoms with E-state index in [1.807, 2.05) is 6.07 Å². The molecule has 3 aliphatic heterocycles. The summed E-state index contributed by atoms with van der Waals surface area (Å²) in [5, 5.41) is 5.83. The molecule has 3 fully saturated rings. The molecular weight excluding hydrogens is 400 g/mol. The fraction of sp³-hybridized carbons (Fsp3) is 0.545. The van der Waals surface area contributed by atoms with Gasteiger partial charge in [-0.25, -0.2) is 0 Å². The van der Waals surface area contributed by atoms with E-state index >= 15 is 0 Å². The quantitative estimate of drug-likeness (QED) is 0.575. The van der Waals surface area contributed by atoms with Crippen LogP contribution in [0.25, 0.3) is 0 Å². The fourth-order valence-electron chi connectivity index (χ4n) is 5.46. The zero-order chi connectivity index (χ0) is 21.7. The number of nitrogens with one attached hydrogen (secondary N) is 2. The van der Waals surface area contributed by atoms with Crippen LogP contribution in [0.5, 0.6) is 0 Å². The maximum absolute atomic E-state index is 13.0. The number of hydrogen-bond donors (Lipinski definition) is 3. The van der Waals surface area contributed by atoms with Crippen molar-refractivity contribution in [3.8, 4) is 0 Å². The largest absolute Gasteiger partial charge is 0.381 e. The summed E-state index contributed by atoms with van der Waals surface area (Å²) >= 11 is 0. The third-order valence-electron chi connectivity index (χ3n) is 6.94. The third kappa shape index (κ3) is 3.56. The molecule has 0 radical (unpaired) electrons. The molecule has 9 nitrogen and oxygen atoms in total. The maximum Gasteiger partial charge on any atom is 0.262 e. The van der Waals surface area contributed by atoms with Gasteiger partial charge in [0.2, 0.25) is 11.8 Å². The molecular formula is C22H26N4O5. The van der Waals surface area contributed by atoms with Crippen molar-refractivity contribution < 1.29 is 23.9 Å². The molecule has 1 aromatic rings. The Balaban J connectivity index is 1.30. The Labute approximate surface area is 179 Å². The van der Waals surface area contributed by atoms with Crippen LogP contribution in [-0.4, -0.2) is 59.9 Å². The van der Waals surface area contributed by atoms with E-state index in [1.54, 1.807) is 12.1 Å². The molecule has 0 spiro atoms. The minimum atomic E-state index is -0.947. The molecule has 4 N–H and O–H groups in total. The number of amides is 4. The van der Waals surface area contributed by atoms with Gasteiger partial charge in [-0.2, -0.15) is 0 Å². The van der Waals surface area contributed by atoms with Gasteiger partial charge in [0.15, 0.2) is 0 Å². The summed E-state index contributed by atoms with van der Waals surface area (Å²) < 4.78 is 5.70. The predicted octanol–water partition coefficient (Wildman–Crippen LogP) is -0.0703. The minimum absolute atomic E-state index is 0.107. The third-order valence-corrected chi connectivity index (χ3v) is 6.94. The SMILES string of the molecule is NC1CC2COCC(C1)C2NCc1ccc2c(c1)C(=O)N(C1CCC(=O)NC1=O)C2=O. The van der Waals surface area contributed by atoms with Crippen LogP contribution in [0.4, 0.5) is 0 Å². The number of fused-ring (bicyclic) bond motifs is 3. The summed E-state index contributed by atoms with van der Waals surface area (Å²) in [5.74, 6) is -1.19. The van der Waals surface area contributed by atoms with E-state index < -0.39 is 23.8 Å². The molecule has 2 bridgehead atoms. The zero-order valence-electron chi connectivity index (χ0n) is 17.1. The molecule has 9 heteroatoms. The number of carbonyl (C=O) groups is 4. The first-order chi connectivity index (χ1) is 14.9. The van der Waals surface area contributed by atoms with Crippen LogP contribution in [-0.2, 0) is 20.9 Å². The van der Waals surface area contributed by atoms with Gasteiger partial charge < -0.3 is 15.8 Å². The topological polar surface area (TPSA) is 131 Å². The van der Waals surface area contributed by atoms with Crippen molar-refractivity contribution in [2.24, 2.45) is 17.6 Å². The standard InChI is InChI=1S/C22H26N4O5/c23-14-6-12-9-31-10-13(7-14)19(12)24-8-11-1-2-15-16(5-11)22(30)26(21(15)29)17-3-4-18(27)25-20(17)28/h1-2,5,12-14,17,19,24H,3-4,6-10,23H2,(H,25,27,28). The number of nitrogens with two attached hydrogens (primary N) is 1. The van der Waals surface area contributed by atoms with Crippen LogP contribution in [0.3, 0.4) is 0 Å². The van der Waals surface area contributed by atoms with E-state index in [-0.39, 0.29) is 24.8 Å². The van der Waals surface area contributed by atoms with Crippen LogP contribution in [0, 0.1) is 11.8 Å². The number of piperidine rings is 1. The Morgan fingerprint density at radius 1 is 1.06 bits per heavy atom. The van der Waals surface area contributed by atoms with Crippen molar-refractivity contribution in [1.82, 2.24) is 15.5 Å². The maximum atomic E-state index is 13.0. The van der Waals surface area contributed by atoms with Crippen molar-refractivity contribution in [2.45, 2.75) is 50.4 Å². The van der Waals surface area contributed by atoms with E-state index in [4.69, 9.17) is 10.5 Å². The molecule has 0 aromatic heterocycles. The molecule has 164 valence electrons. The molecule has 1 aromatic carbocycles. The molecule has 1 aliphatic carbocycles. The van der Waals surface area contributed by atoms with Gasteiger partial charge in [-0.05, 0) is 48.8 Å². The van der Waals surface area contributed by atoms with Gasteiger partial charge in [0.05, 0.1) is 24.3 Å². The van der Waals surface area contributed by atoms with E-state index in [0.717, 1.165) is 23.3 Å². The van der Waals surface area contributed by atoms with Crippen LogP contribution in [0.1, 0.15) is 52.0 Å². The van der Waals surface area contributed by atoms with E-state index in [9.17, 15) is 19.2 Å². The number of ether oxygens (including phenoxy) is 1. The Kier molecular flexibility index (Phi) is 5.11. The molecule has 4 amide bonds. The number of imide groups is 2. The zero-order valence-corrected chi connectivity index (χ0v) is 17.1. The Bertz CT molecular complexity index is 949. The number of benzene rings is 1. The summed E-state index contributed by atoms with van der Waals surface area (Å²) in [6.45, 7) is 1.99. The molecule has 3 unspecified atom stereocenters. The Morgan fingerprint density at radius 2 is 1.77 bits per heavy atom. The minimum Gasteiger partial charge on any atom is -0.381 e. The fourth-order valence-corrected chi connectivity index (χ4v) is 5.46. The lowest BCUT2D eigenvalue weighted by Gasteiger charge is -2.45. The number of hydrogen-bond acceptors (Lipinski definition) is 7. The first-order valence-corrected chi connectivity index (χ1v) is 10.8. The average Bonchev–Trinajstić information content (AvgIpc) is 2.97. The summed E-state index contributed by atoms with van der Waals surface area (Å²) in [6, 6.07) is 4.82. The number of carbonyl (C=O) groups excluding carboxylic acids is 4. The number of rotatable bonds is 4. The molecule has 1 saturated carbocycles. The van der Waals surface area contributed by atoms with Gasteiger partial charge in [-0.3, -0.25) is 29.4 Å². The van der Waals surface area contributed by atoms with Crippen LogP contribution >= 0.6 is 0 Å². The van der Waals surface area contributed by atoms with E-state index in [1.165, 1.54) is 0 Å². The van der Waals surface area contributed by atoms with Gasteiger partial charge in [-0.1, -0.05) is 6.07 Å². The molecule has 5 rings (SSSR count). The summed E-state index contributed by atoms with van der Waals surface area (Å²) in [6.07, 6.45) is 2.13. The van der Waals surface area contributed by atoms with Crippen molar-refractivity contribution in [3.63, 3.8) is 0 Å². The van der Waals surface area contributed by atoms with Crippen LogP contribution in [0.2, 0.25) is 0 Å². The monoisotopic (exact) mass is 426 g/mol. The molecule has 31 heavy (non-hydrogen) atoms. The van der Waals surface area contributed by atoms with Crippen molar-refractivity contribution in [3.05, 3.63) is 34.9 Å². The Morgan fingerprint density at radius 3 is 2.48 bits per heavy atom. The molecule has 3 heterocycles. The lowest BCUT2D eigenvalue weighted by Crippen LogP contribution is -2.55. The summed E-state index contributed by atoms with van der Waals surface area (Å²) in [4.78, 5) is 50.4. The average molecular weight is 426 g/mol. The van der Waals surface area contributed by atoms with Gasteiger partial charge in [-0.15, -0.1) is 0 Å². The highest BCUT2D eigenvalue weighted by molar-refractivity contribution is 6.23. The summed E-state index contributed by atoms with van der Waals surface area (Å²) in [7, 11) is 0. The highest BCUT2D eigenvalue weighted by Crippen LogP contribution is 2.34. The molecule has 3 atom stereocenters. The van der Waals surface area contributed by atoms with Gasteiger partial charge in [0.25, 0.3) is 11.8 Å². The van der Waals surface area contributed by atoms with Crippen LogP contribution < -0.4 is 16.4 Å². The highest BCUT2D eigenvalue weighted by Gasteiger charge is 2.45. The van der Waals surface area contributed by atoms with Gasteiger partial charge in [0.1, 0.15) is 6.04 Å². The Hall–Kier alpha value is -2.62. The van der Waals surface area contributed by atoms with Gasteiger partial charge in [0, 0.05) is 25.0 Å². The smallest absolute Gasteiger partial charge is 0.262 e. The molecule has 4 aliphatic rings. The highest BCUT2D eigenvalue weighted by atomic mass is 16.5. The first kappa shape index (κ1) is 20.3. The summed E-state index contributed by atoms with van der Waals surface area (Å²) in [5.41, 5.74) is 7.68. The number of nitrogens with zero attached hydrogens (tertiary/aromatic N) is 1. The van der Waals surface area contributed by atoms with Crippen molar-refractivity contribution >= 4 is 23.6 Å². The lowest BCUT2D eigenvalue weighted by atomic mass is 9.73. The van der Waals surface area contributed by atoms with Crippen molar-refractivity contribution in [1.29, 1.82) is 0 Å². The predicted molar refractivity (Wildman–Crippen MR) is 109 cm³/mol. The molecule has 2 saturated heterocycles. The second-order valence-electron chi connectivity index (χ2n) is 9.02. The second-order valence-corrected chi connectivity index (χ2v) is 9.02. The normalized spacial score (nSPS) is 32.8. The van der Waals surface area contributed by atoms with Crippen molar-refractivity contribution in [2.75, 3.05) is 13.2 Å². The van der Waals surface area contributed by atoms with Gasteiger partial charge >= 0.3 is 0 Å². The van der Waals surface area contributed by atoms with E-state index in [2.05, 4.69) is 10.6 Å².